The van der Waals surface area contributed by atoms with Crippen molar-refractivity contribution in [1.82, 2.24) is 15.6 Å². The van der Waals surface area contributed by atoms with Crippen LogP contribution in [0.15, 0.2) is 65.8 Å². The third-order valence-corrected chi connectivity index (χ3v) is 5.76. The van der Waals surface area contributed by atoms with E-state index in [4.69, 9.17) is 0 Å². The Kier molecular flexibility index (Phi) is 7.67. The van der Waals surface area contributed by atoms with Gasteiger partial charge in [-0.2, -0.15) is 0 Å². The van der Waals surface area contributed by atoms with Crippen molar-refractivity contribution in [2.24, 2.45) is 4.99 Å². The summed E-state index contributed by atoms with van der Waals surface area (Å²) in [6.45, 7) is 4.18. The van der Waals surface area contributed by atoms with Crippen LogP contribution in [0.25, 0.3) is 10.9 Å². The van der Waals surface area contributed by atoms with Crippen LogP contribution in [0.5, 0.6) is 0 Å². The second-order valence-electron chi connectivity index (χ2n) is 6.57. The summed E-state index contributed by atoms with van der Waals surface area (Å²) >= 11 is 0. The van der Waals surface area contributed by atoms with E-state index in [1.54, 1.807) is 0 Å². The molecule has 1 aromatic heterocycles. The van der Waals surface area contributed by atoms with Gasteiger partial charge in [-0.1, -0.05) is 48.5 Å². The Labute approximate surface area is 169 Å². The predicted octanol–water partition coefficient (Wildman–Crippen LogP) is 3.21. The summed E-state index contributed by atoms with van der Waals surface area (Å²) in [6.07, 6.45) is 2.98. The molecular weight excluding hydrogens is 368 g/mol. The number of para-hydroxylation sites is 1. The van der Waals surface area contributed by atoms with Crippen molar-refractivity contribution in [3.8, 4) is 0 Å². The fourth-order valence-electron chi connectivity index (χ4n) is 3.09. The number of rotatable bonds is 9. The quantitative estimate of drug-likeness (QED) is 0.384. The zero-order valence-corrected chi connectivity index (χ0v) is 17.1. The molecule has 3 N–H and O–H groups in total. The summed E-state index contributed by atoms with van der Waals surface area (Å²) < 4.78 is 12.2. The number of H-pyrrole nitrogens is 1. The zero-order chi connectivity index (χ0) is 19.6. The lowest BCUT2D eigenvalue weighted by atomic mass is 10.1. The first kappa shape index (κ1) is 20.1. The molecule has 0 bridgehead atoms. The summed E-state index contributed by atoms with van der Waals surface area (Å²) in [5.74, 6) is 1.92. The Bertz CT molecular complexity index is 920. The van der Waals surface area contributed by atoms with Crippen molar-refractivity contribution in [3.63, 3.8) is 0 Å². The number of nitrogens with one attached hydrogen (secondary N) is 3. The summed E-state index contributed by atoms with van der Waals surface area (Å²) in [4.78, 5) is 7.88. The van der Waals surface area contributed by atoms with Gasteiger partial charge in [-0.05, 0) is 30.5 Å². The Morgan fingerprint density at radius 3 is 2.68 bits per heavy atom. The normalized spacial score (nSPS) is 12.8. The summed E-state index contributed by atoms with van der Waals surface area (Å²) in [7, 11) is -0.904. The molecule has 0 aliphatic heterocycles. The maximum atomic E-state index is 12.2. The van der Waals surface area contributed by atoms with Crippen LogP contribution < -0.4 is 10.6 Å². The van der Waals surface area contributed by atoms with Crippen LogP contribution in [-0.2, 0) is 23.0 Å². The number of aliphatic imine (C=N–C) groups is 1. The summed E-state index contributed by atoms with van der Waals surface area (Å²) in [6, 6.07) is 18.3. The van der Waals surface area contributed by atoms with Crippen molar-refractivity contribution in [3.05, 3.63) is 71.9 Å². The van der Waals surface area contributed by atoms with Gasteiger partial charge in [-0.15, -0.1) is 0 Å². The molecule has 28 heavy (non-hydrogen) atoms. The van der Waals surface area contributed by atoms with E-state index in [2.05, 4.69) is 45.0 Å². The molecule has 1 atom stereocenters. The van der Waals surface area contributed by atoms with Crippen molar-refractivity contribution in [2.75, 3.05) is 25.4 Å². The minimum absolute atomic E-state index is 0.544. The number of fused-ring (bicyclic) bond motifs is 1. The first-order valence-corrected chi connectivity index (χ1v) is 11.2. The third kappa shape index (κ3) is 5.96. The van der Waals surface area contributed by atoms with Crippen LogP contribution in [0.3, 0.4) is 0 Å². The Balaban J connectivity index is 1.46. The highest BCUT2D eigenvalue weighted by Gasteiger charge is 2.04. The molecule has 6 heteroatoms. The molecule has 0 amide bonds. The molecule has 2 aromatic carbocycles. The lowest BCUT2D eigenvalue weighted by molar-refractivity contribution is 0.682. The molecule has 3 rings (SSSR count). The van der Waals surface area contributed by atoms with Crippen LogP contribution in [0.4, 0.5) is 0 Å². The molecule has 0 saturated carbocycles. The van der Waals surface area contributed by atoms with Crippen LogP contribution in [0, 0.1) is 0 Å². The van der Waals surface area contributed by atoms with E-state index >= 15 is 0 Å². The second kappa shape index (κ2) is 10.7. The minimum Gasteiger partial charge on any atom is -0.361 e. The van der Waals surface area contributed by atoms with Gasteiger partial charge >= 0.3 is 0 Å². The number of benzene rings is 2. The van der Waals surface area contributed by atoms with Crippen molar-refractivity contribution >= 4 is 27.7 Å². The SMILES string of the molecule is CCNC(=NCCS(=O)Cc1ccccc1)NCCc1c[nH]c2ccccc12. The maximum absolute atomic E-state index is 12.2. The molecule has 0 saturated heterocycles. The smallest absolute Gasteiger partial charge is 0.191 e. The number of guanidine groups is 1. The largest absolute Gasteiger partial charge is 0.361 e. The van der Waals surface area contributed by atoms with Crippen LogP contribution in [0.1, 0.15) is 18.1 Å². The fraction of sp³-hybridized carbons (Fsp3) is 0.318. The van der Waals surface area contributed by atoms with Crippen molar-refractivity contribution in [1.29, 1.82) is 0 Å². The first-order chi connectivity index (χ1) is 13.8. The monoisotopic (exact) mass is 396 g/mol. The van der Waals surface area contributed by atoms with Crippen molar-refractivity contribution in [2.45, 2.75) is 19.1 Å². The van der Waals surface area contributed by atoms with E-state index in [0.717, 1.165) is 31.0 Å². The topological polar surface area (TPSA) is 69.3 Å². The highest BCUT2D eigenvalue weighted by atomic mass is 32.2. The second-order valence-corrected chi connectivity index (χ2v) is 8.15. The lowest BCUT2D eigenvalue weighted by Gasteiger charge is -2.11. The van der Waals surface area contributed by atoms with E-state index in [9.17, 15) is 4.21 Å². The average Bonchev–Trinajstić information content (AvgIpc) is 3.12. The highest BCUT2D eigenvalue weighted by Crippen LogP contribution is 2.17. The Morgan fingerprint density at radius 1 is 1.07 bits per heavy atom. The van der Waals surface area contributed by atoms with Gasteiger partial charge in [0.25, 0.3) is 0 Å². The number of hydrogen-bond donors (Lipinski definition) is 3. The standard InChI is InChI=1S/C22H28N4OS/c1-2-23-22(25-14-15-28(27)17-18-8-4-3-5-9-18)24-13-12-19-16-26-21-11-7-6-10-20(19)21/h3-11,16,26H,2,12-15,17H2,1H3,(H2,23,24,25). The van der Waals surface area contributed by atoms with Gasteiger partial charge in [-0.25, -0.2) is 0 Å². The molecule has 0 radical (unpaired) electrons. The molecular formula is C22H28N4OS. The van der Waals surface area contributed by atoms with Gasteiger partial charge in [0.1, 0.15) is 0 Å². The van der Waals surface area contributed by atoms with E-state index in [0.29, 0.717) is 18.1 Å². The molecule has 5 nitrogen and oxygen atoms in total. The fourth-order valence-corrected chi connectivity index (χ4v) is 4.09. The number of aromatic nitrogens is 1. The van der Waals surface area contributed by atoms with E-state index in [-0.39, 0.29) is 0 Å². The van der Waals surface area contributed by atoms with Crippen LogP contribution >= 0.6 is 0 Å². The van der Waals surface area contributed by atoms with Crippen LogP contribution in [-0.4, -0.2) is 40.5 Å². The lowest BCUT2D eigenvalue weighted by Crippen LogP contribution is -2.38. The average molecular weight is 397 g/mol. The molecule has 148 valence electrons. The van der Waals surface area contributed by atoms with Gasteiger partial charge < -0.3 is 15.6 Å². The molecule has 0 aliphatic carbocycles. The van der Waals surface area contributed by atoms with Gasteiger partial charge in [0.05, 0.1) is 6.54 Å². The van der Waals surface area contributed by atoms with Gasteiger partial charge in [-0.3, -0.25) is 9.20 Å². The van der Waals surface area contributed by atoms with E-state index < -0.39 is 10.8 Å². The molecule has 1 unspecified atom stereocenters. The first-order valence-electron chi connectivity index (χ1n) is 9.72. The maximum Gasteiger partial charge on any atom is 0.191 e. The number of aromatic amines is 1. The number of nitrogens with zero attached hydrogens (tertiary/aromatic N) is 1. The minimum atomic E-state index is -0.904. The molecule has 1 heterocycles. The molecule has 0 fully saturated rings. The third-order valence-electron chi connectivity index (χ3n) is 4.47. The van der Waals surface area contributed by atoms with E-state index in [1.165, 1.54) is 16.5 Å². The highest BCUT2D eigenvalue weighted by molar-refractivity contribution is 7.84. The molecule has 0 aliphatic rings. The van der Waals surface area contributed by atoms with E-state index in [1.807, 2.05) is 43.3 Å². The van der Waals surface area contributed by atoms with Gasteiger partial charge in [0, 0.05) is 52.5 Å². The zero-order valence-electron chi connectivity index (χ0n) is 16.3. The Morgan fingerprint density at radius 2 is 1.86 bits per heavy atom. The van der Waals surface area contributed by atoms with Gasteiger partial charge in [0.15, 0.2) is 5.96 Å². The molecule has 3 aromatic rings. The number of hydrogen-bond acceptors (Lipinski definition) is 2. The van der Waals surface area contributed by atoms with Crippen LogP contribution in [0.2, 0.25) is 0 Å². The van der Waals surface area contributed by atoms with Crippen molar-refractivity contribution < 1.29 is 4.21 Å². The summed E-state index contributed by atoms with van der Waals surface area (Å²) in [5.41, 5.74) is 3.57. The molecule has 0 spiro atoms. The van der Waals surface area contributed by atoms with Gasteiger partial charge in [0.2, 0.25) is 0 Å². The Hall–Kier alpha value is -2.60. The predicted molar refractivity (Wildman–Crippen MR) is 119 cm³/mol. The summed E-state index contributed by atoms with van der Waals surface area (Å²) in [5, 5.41) is 7.89.